The number of allylic oxidation sites excluding steroid dienone is 1. The smallest absolute Gasteiger partial charge is 0.402 e. The molecule has 0 amide bonds. The lowest BCUT2D eigenvalue weighted by Gasteiger charge is -2.45. The third-order valence-corrected chi connectivity index (χ3v) is 6.62. The molecule has 0 radical (unpaired) electrons. The van der Waals surface area contributed by atoms with E-state index in [1.165, 1.54) is 12.1 Å². The zero-order valence-electron chi connectivity index (χ0n) is 18.6. The summed E-state index contributed by atoms with van der Waals surface area (Å²) in [5.74, 6) is -0.0596. The molecule has 0 atom stereocenters. The van der Waals surface area contributed by atoms with Gasteiger partial charge in [0.25, 0.3) is 0 Å². The Balaban J connectivity index is 0.00000169. The normalized spacial score (nSPS) is 18.7. The summed E-state index contributed by atoms with van der Waals surface area (Å²) in [4.78, 5) is 21.5. The van der Waals surface area contributed by atoms with Crippen LogP contribution in [-0.4, -0.2) is 44.5 Å². The summed E-state index contributed by atoms with van der Waals surface area (Å²) < 4.78 is 53.9. The minimum Gasteiger partial charge on any atom is -0.402 e. The molecule has 190 valence electrons. The first-order chi connectivity index (χ1) is 16.5. The molecule has 1 aromatic carbocycles. The number of H-pyrrole nitrogens is 1. The van der Waals surface area contributed by atoms with Crippen LogP contribution in [0.3, 0.4) is 0 Å². The number of alkyl halides is 4. The number of benzene rings is 1. The first kappa shape index (κ1) is 23.4. The average Bonchev–Trinajstić information content (AvgIpc) is 3.49. The van der Waals surface area contributed by atoms with Crippen LogP contribution in [0.1, 0.15) is 29.9 Å². The van der Waals surface area contributed by atoms with Crippen LogP contribution in [0.15, 0.2) is 51.1 Å². The van der Waals surface area contributed by atoms with Crippen LogP contribution in [0.2, 0.25) is 0 Å². The Morgan fingerprint density at radius 1 is 1.23 bits per heavy atom. The quantitative estimate of drug-likeness (QED) is 0.183. The topological polar surface area (TPSA) is 122 Å². The first-order valence-electron chi connectivity index (χ1n) is 10.8. The Morgan fingerprint density at radius 3 is 2.63 bits per heavy atom. The molecule has 35 heavy (non-hydrogen) atoms. The number of fused-ring (bicyclic) bond motifs is 1. The zero-order valence-corrected chi connectivity index (χ0v) is 19.4. The van der Waals surface area contributed by atoms with Crippen molar-refractivity contribution in [2.75, 3.05) is 18.0 Å². The Kier molecular flexibility index (Phi) is 5.61. The monoisotopic (exact) mass is 512 g/mol. The molecule has 2 fully saturated rings. The number of hydrogen-bond donors (Lipinski definition) is 3. The number of nitrogens with zero attached hydrogens (tertiary/aromatic N) is 5. The lowest BCUT2D eigenvalue weighted by molar-refractivity contribution is -0.144. The van der Waals surface area contributed by atoms with E-state index in [4.69, 9.17) is 11.5 Å². The highest BCUT2D eigenvalue weighted by Crippen LogP contribution is 2.48. The molecule has 5 rings (SSSR count). The molecule has 3 heterocycles. The highest BCUT2D eigenvalue weighted by Gasteiger charge is 2.54. The maximum atomic E-state index is 14.9. The molecule has 5 N–H and O–H groups in total. The number of nitrogens with two attached hydrogens (primary N) is 2. The van der Waals surface area contributed by atoms with Gasteiger partial charge in [0.05, 0.1) is 24.1 Å². The lowest BCUT2D eigenvalue weighted by Crippen LogP contribution is -2.60. The van der Waals surface area contributed by atoms with Crippen LogP contribution in [0.25, 0.3) is 11.0 Å². The van der Waals surface area contributed by atoms with Gasteiger partial charge in [-0.3, -0.25) is 0 Å². The standard InChI is InChI=1S/C22H22F4N8S.3H2/c1-11(27)6-16(28)31-17-8-18(34-9-21(23,10-34)12-2-3-12)33-20(32-17)35-13-4-5-14-15(7-13)30-19(29-14)22(24,25)26;;;/h4-8,12H,2-3,9-10,27H2,1H3,(H,29,30)(H2,28,31,32,33);3*1H. The van der Waals surface area contributed by atoms with Gasteiger partial charge < -0.3 is 21.4 Å². The van der Waals surface area contributed by atoms with Gasteiger partial charge in [0, 0.05) is 20.9 Å². The molecule has 8 nitrogen and oxygen atoms in total. The maximum Gasteiger partial charge on any atom is 0.449 e. The number of aromatic amines is 1. The second-order valence-electron chi connectivity index (χ2n) is 8.82. The van der Waals surface area contributed by atoms with E-state index in [9.17, 15) is 17.6 Å². The molecule has 1 aliphatic heterocycles. The largest absolute Gasteiger partial charge is 0.449 e. The minimum atomic E-state index is -4.57. The SMILES string of the molecule is CC(N)=CC(N)=Nc1cc(N2CC(F)(C3CC3)C2)nc(Sc2ccc3nc(C(F)(F)F)[nH]c3c2)n1.[HH].[HH].[HH]. The van der Waals surface area contributed by atoms with Crippen LogP contribution in [0, 0.1) is 5.92 Å². The lowest BCUT2D eigenvalue weighted by atomic mass is 9.91. The molecule has 0 bridgehead atoms. The third-order valence-electron chi connectivity index (χ3n) is 5.77. The predicted molar refractivity (Wildman–Crippen MR) is 132 cm³/mol. The molecular weight excluding hydrogens is 484 g/mol. The fourth-order valence-corrected chi connectivity index (χ4v) is 4.77. The van der Waals surface area contributed by atoms with Gasteiger partial charge in [0.15, 0.2) is 11.0 Å². The van der Waals surface area contributed by atoms with Gasteiger partial charge in [0.2, 0.25) is 5.82 Å². The van der Waals surface area contributed by atoms with Crippen LogP contribution in [0.5, 0.6) is 0 Å². The van der Waals surface area contributed by atoms with Crippen molar-refractivity contribution >= 4 is 40.3 Å². The molecule has 13 heteroatoms. The maximum absolute atomic E-state index is 14.9. The van der Waals surface area contributed by atoms with Gasteiger partial charge in [-0.15, -0.1) is 0 Å². The van der Waals surface area contributed by atoms with Crippen molar-refractivity contribution in [1.29, 1.82) is 0 Å². The van der Waals surface area contributed by atoms with Gasteiger partial charge in [-0.2, -0.15) is 13.2 Å². The summed E-state index contributed by atoms with van der Waals surface area (Å²) in [7, 11) is 0. The van der Waals surface area contributed by atoms with E-state index in [-0.39, 0.29) is 46.0 Å². The van der Waals surface area contributed by atoms with Gasteiger partial charge in [0.1, 0.15) is 17.3 Å². The Hall–Kier alpha value is -3.35. The number of aromatic nitrogens is 4. The van der Waals surface area contributed by atoms with Crippen molar-refractivity contribution in [3.05, 3.63) is 41.9 Å². The number of aliphatic imine (C=N–C) groups is 1. The summed E-state index contributed by atoms with van der Waals surface area (Å²) in [6.45, 7) is 2.14. The molecular formula is C22H28F4N8S. The zero-order chi connectivity index (χ0) is 25.0. The summed E-state index contributed by atoms with van der Waals surface area (Å²) in [6.07, 6.45) is -1.28. The first-order valence-corrected chi connectivity index (χ1v) is 11.7. The Bertz CT molecular complexity index is 1350. The number of imidazole rings is 1. The summed E-state index contributed by atoms with van der Waals surface area (Å²) in [5, 5.41) is 0.292. The van der Waals surface area contributed by atoms with E-state index in [1.54, 1.807) is 25.1 Å². The van der Waals surface area contributed by atoms with E-state index in [0.717, 1.165) is 24.6 Å². The summed E-state index contributed by atoms with van der Waals surface area (Å²) in [5.41, 5.74) is 11.3. The fourth-order valence-electron chi connectivity index (χ4n) is 3.96. The summed E-state index contributed by atoms with van der Waals surface area (Å²) in [6, 6.07) is 6.28. The van der Waals surface area contributed by atoms with Crippen LogP contribution in [-0.2, 0) is 6.18 Å². The average molecular weight is 513 g/mol. The van der Waals surface area contributed by atoms with Crippen molar-refractivity contribution in [2.45, 2.75) is 41.7 Å². The van der Waals surface area contributed by atoms with E-state index < -0.39 is 17.7 Å². The Labute approximate surface area is 206 Å². The predicted octanol–water partition coefficient (Wildman–Crippen LogP) is 5.05. The van der Waals surface area contributed by atoms with E-state index in [1.807, 2.05) is 4.90 Å². The molecule has 1 aliphatic carbocycles. The number of halogens is 4. The molecule has 2 aromatic heterocycles. The van der Waals surface area contributed by atoms with Gasteiger partial charge in [-0.25, -0.2) is 24.3 Å². The van der Waals surface area contributed by atoms with E-state index >= 15 is 0 Å². The fraction of sp³-hybridized carbons (Fsp3) is 0.364. The highest BCUT2D eigenvalue weighted by atomic mass is 32.2. The third kappa shape index (κ3) is 5.04. The van der Waals surface area contributed by atoms with Crippen molar-refractivity contribution < 1.29 is 21.8 Å². The molecule has 1 saturated carbocycles. The van der Waals surface area contributed by atoms with Crippen molar-refractivity contribution in [1.82, 2.24) is 19.9 Å². The summed E-state index contributed by atoms with van der Waals surface area (Å²) >= 11 is 1.14. The number of nitrogens with one attached hydrogen (secondary N) is 1. The van der Waals surface area contributed by atoms with E-state index in [2.05, 4.69) is 24.9 Å². The Morgan fingerprint density at radius 2 is 1.97 bits per heavy atom. The van der Waals surface area contributed by atoms with Crippen LogP contribution >= 0.6 is 11.8 Å². The second kappa shape index (κ2) is 8.40. The van der Waals surface area contributed by atoms with Crippen LogP contribution < -0.4 is 16.4 Å². The van der Waals surface area contributed by atoms with Crippen LogP contribution in [0.4, 0.5) is 29.2 Å². The van der Waals surface area contributed by atoms with Gasteiger partial charge >= 0.3 is 6.18 Å². The van der Waals surface area contributed by atoms with Gasteiger partial charge in [-0.1, -0.05) is 0 Å². The number of anilines is 1. The number of hydrogen-bond acceptors (Lipinski definition) is 7. The van der Waals surface area contributed by atoms with Crippen molar-refractivity contribution in [3.63, 3.8) is 0 Å². The van der Waals surface area contributed by atoms with E-state index in [0.29, 0.717) is 21.6 Å². The minimum absolute atomic E-state index is 0. The molecule has 1 saturated heterocycles. The molecule has 2 aliphatic rings. The second-order valence-corrected chi connectivity index (χ2v) is 9.86. The number of amidine groups is 1. The van der Waals surface area contributed by atoms with Crippen molar-refractivity contribution in [3.8, 4) is 0 Å². The molecule has 0 spiro atoms. The van der Waals surface area contributed by atoms with Crippen molar-refractivity contribution in [2.24, 2.45) is 22.4 Å². The van der Waals surface area contributed by atoms with Gasteiger partial charge in [-0.05, 0) is 61.7 Å². The highest BCUT2D eigenvalue weighted by molar-refractivity contribution is 7.99. The molecule has 0 unspecified atom stereocenters. The molecule has 3 aromatic rings. The number of rotatable bonds is 6.